The molecule has 1 amide bonds. The molecule has 1 spiro atoms. The molecule has 0 unspecified atom stereocenters. The summed E-state index contributed by atoms with van der Waals surface area (Å²) in [5.74, 6) is 0.679. The number of carbonyl (C=O) groups is 1. The van der Waals surface area contributed by atoms with E-state index in [1.807, 2.05) is 11.8 Å². The number of amides is 1. The highest BCUT2D eigenvalue weighted by atomic mass is 19.4. The fraction of sp³-hybridized carbons (Fsp3) is 0.400. The van der Waals surface area contributed by atoms with E-state index in [0.717, 1.165) is 29.3 Å². The molecule has 2 aliphatic carbocycles. The fourth-order valence-electron chi connectivity index (χ4n) is 5.97. The van der Waals surface area contributed by atoms with Crippen LogP contribution in [0.15, 0.2) is 36.8 Å². The first-order valence-electron chi connectivity index (χ1n) is 14.3. The molecular formula is C30H28F4N8O2. The van der Waals surface area contributed by atoms with Crippen LogP contribution in [-0.4, -0.2) is 54.8 Å². The maximum Gasteiger partial charge on any atom is 0.435 e. The first-order chi connectivity index (χ1) is 21.1. The number of carbonyl (C=O) groups excluding carboxylic acids is 1. The van der Waals surface area contributed by atoms with E-state index in [0.29, 0.717) is 53.7 Å². The second-order valence-corrected chi connectivity index (χ2v) is 11.4. The van der Waals surface area contributed by atoms with Gasteiger partial charge in [0.1, 0.15) is 34.6 Å². The fourth-order valence-corrected chi connectivity index (χ4v) is 5.97. The summed E-state index contributed by atoms with van der Waals surface area (Å²) in [6.07, 6.45) is 1.60. The smallest absolute Gasteiger partial charge is 0.435 e. The van der Waals surface area contributed by atoms with Crippen LogP contribution in [0.1, 0.15) is 61.2 Å². The summed E-state index contributed by atoms with van der Waals surface area (Å²) in [6, 6.07) is 5.16. The molecule has 0 atom stereocenters. The van der Waals surface area contributed by atoms with Crippen molar-refractivity contribution in [2.75, 3.05) is 23.5 Å². The summed E-state index contributed by atoms with van der Waals surface area (Å²) in [4.78, 5) is 35.7. The van der Waals surface area contributed by atoms with Crippen molar-refractivity contribution in [1.29, 1.82) is 0 Å². The summed E-state index contributed by atoms with van der Waals surface area (Å²) in [7, 11) is 1.52. The molecule has 2 saturated carbocycles. The average Bonchev–Trinajstić information content (AvgIpc) is 3.93. The molecule has 4 aromatic rings. The van der Waals surface area contributed by atoms with Crippen LogP contribution in [0.2, 0.25) is 0 Å². The third-order valence-electron chi connectivity index (χ3n) is 8.48. The monoisotopic (exact) mass is 608 g/mol. The van der Waals surface area contributed by atoms with E-state index in [4.69, 9.17) is 9.72 Å². The van der Waals surface area contributed by atoms with Crippen molar-refractivity contribution in [2.24, 2.45) is 0 Å². The van der Waals surface area contributed by atoms with Gasteiger partial charge in [-0.15, -0.1) is 0 Å². The van der Waals surface area contributed by atoms with Crippen molar-refractivity contribution in [2.45, 2.75) is 63.7 Å². The molecule has 1 aliphatic heterocycles. The van der Waals surface area contributed by atoms with Gasteiger partial charge in [-0.3, -0.25) is 4.79 Å². The number of fused-ring (bicyclic) bond motifs is 1. The number of likely N-dealkylation sites (N-methyl/N-ethyl adjacent to an activating group) is 1. The number of benzene rings is 1. The molecule has 0 bridgehead atoms. The van der Waals surface area contributed by atoms with Gasteiger partial charge in [0.25, 0.3) is 5.91 Å². The number of nitrogens with zero attached hydrogens (tertiary/aromatic N) is 8. The Labute approximate surface area is 249 Å². The largest absolute Gasteiger partial charge is 0.480 e. The van der Waals surface area contributed by atoms with Gasteiger partial charge in [-0.1, -0.05) is 6.07 Å². The molecule has 2 fully saturated rings. The Hall–Kier alpha value is -4.62. The molecule has 3 aliphatic rings. The van der Waals surface area contributed by atoms with Gasteiger partial charge in [0.15, 0.2) is 17.3 Å². The van der Waals surface area contributed by atoms with Crippen molar-refractivity contribution in [3.05, 3.63) is 65.3 Å². The summed E-state index contributed by atoms with van der Waals surface area (Å²) in [5, 5.41) is 3.58. The van der Waals surface area contributed by atoms with E-state index in [1.165, 1.54) is 32.5 Å². The van der Waals surface area contributed by atoms with E-state index in [-0.39, 0.29) is 29.8 Å². The number of methoxy groups -OCH3 is 1. The standard InChI is InChI=1S/C30H28F4N8O2/c1-4-40-21-13-35-25(23-24(18-6-7-18)36-15-37-27(23)44-3)38-26(21)41(29(9-10-29)28(40)43)14-17-5-8-20(19(31)12-17)42-16(2)11-22(39-42)30(32,33)34/h5,8,11-13,15,18H,4,6-7,9-10,14H2,1-3H3. The Morgan fingerprint density at radius 3 is 2.48 bits per heavy atom. The van der Waals surface area contributed by atoms with Crippen LogP contribution < -0.4 is 14.5 Å². The predicted molar refractivity (Wildman–Crippen MR) is 151 cm³/mol. The molecule has 44 heavy (non-hydrogen) atoms. The first kappa shape index (κ1) is 28.2. The number of anilines is 2. The summed E-state index contributed by atoms with van der Waals surface area (Å²) >= 11 is 0. The van der Waals surface area contributed by atoms with Crippen LogP contribution in [-0.2, 0) is 17.5 Å². The molecule has 228 valence electrons. The minimum atomic E-state index is -4.65. The molecule has 10 nitrogen and oxygen atoms in total. The van der Waals surface area contributed by atoms with E-state index >= 15 is 4.39 Å². The minimum Gasteiger partial charge on any atom is -0.480 e. The lowest BCUT2D eigenvalue weighted by atomic mass is 10.0. The minimum absolute atomic E-state index is 0.0768. The normalized spacial score (nSPS) is 17.3. The number of halogens is 4. The van der Waals surface area contributed by atoms with Crippen molar-refractivity contribution >= 4 is 17.4 Å². The van der Waals surface area contributed by atoms with Gasteiger partial charge < -0.3 is 14.5 Å². The van der Waals surface area contributed by atoms with Gasteiger partial charge in [0.05, 0.1) is 19.0 Å². The topological polar surface area (TPSA) is 102 Å². The zero-order valence-corrected chi connectivity index (χ0v) is 24.2. The SMILES string of the molecule is CCN1C(=O)C2(CC2)N(Cc2ccc(-n3nc(C(F)(F)F)cc3C)c(F)c2)c2nc(-c3c(OC)ncnc3C3CC3)ncc21. The molecule has 3 aromatic heterocycles. The van der Waals surface area contributed by atoms with Crippen LogP contribution >= 0.6 is 0 Å². The molecule has 0 N–H and O–H groups in total. The Morgan fingerprint density at radius 1 is 1.09 bits per heavy atom. The lowest BCUT2D eigenvalue weighted by Crippen LogP contribution is -2.55. The lowest BCUT2D eigenvalue weighted by Gasteiger charge is -2.42. The van der Waals surface area contributed by atoms with Crippen LogP contribution in [0.5, 0.6) is 5.88 Å². The summed E-state index contributed by atoms with van der Waals surface area (Å²) in [5.41, 5.74) is 0.555. The summed E-state index contributed by atoms with van der Waals surface area (Å²) in [6.45, 7) is 3.87. The van der Waals surface area contributed by atoms with Crippen LogP contribution in [0.4, 0.5) is 29.1 Å². The highest BCUT2D eigenvalue weighted by molar-refractivity contribution is 6.09. The number of aryl methyl sites for hydroxylation is 1. The third kappa shape index (κ3) is 4.46. The number of aromatic nitrogens is 6. The van der Waals surface area contributed by atoms with E-state index in [9.17, 15) is 18.0 Å². The summed E-state index contributed by atoms with van der Waals surface area (Å²) < 4.78 is 61.6. The maximum atomic E-state index is 15.5. The molecular weight excluding hydrogens is 580 g/mol. The van der Waals surface area contributed by atoms with Gasteiger partial charge in [-0.2, -0.15) is 18.3 Å². The van der Waals surface area contributed by atoms with Gasteiger partial charge in [-0.25, -0.2) is 29.0 Å². The number of hydrogen-bond acceptors (Lipinski definition) is 8. The van der Waals surface area contributed by atoms with Crippen molar-refractivity contribution in [1.82, 2.24) is 29.7 Å². The molecule has 4 heterocycles. The zero-order valence-electron chi connectivity index (χ0n) is 24.2. The van der Waals surface area contributed by atoms with Crippen LogP contribution in [0.25, 0.3) is 17.1 Å². The van der Waals surface area contributed by atoms with Gasteiger partial charge in [-0.05, 0) is 63.3 Å². The van der Waals surface area contributed by atoms with Gasteiger partial charge >= 0.3 is 6.18 Å². The Morgan fingerprint density at radius 2 is 1.86 bits per heavy atom. The van der Waals surface area contributed by atoms with Gasteiger partial charge in [0.2, 0.25) is 5.88 Å². The molecule has 7 rings (SSSR count). The number of hydrogen-bond donors (Lipinski definition) is 0. The van der Waals surface area contributed by atoms with E-state index in [2.05, 4.69) is 20.1 Å². The molecule has 1 aromatic carbocycles. The quantitative estimate of drug-likeness (QED) is 0.258. The first-order valence-corrected chi connectivity index (χ1v) is 14.3. The lowest BCUT2D eigenvalue weighted by molar-refractivity contribution is -0.141. The Balaban J connectivity index is 1.30. The highest BCUT2D eigenvalue weighted by Gasteiger charge is 2.60. The second-order valence-electron chi connectivity index (χ2n) is 11.4. The average molecular weight is 609 g/mol. The van der Waals surface area contributed by atoms with Crippen molar-refractivity contribution in [3.63, 3.8) is 0 Å². The van der Waals surface area contributed by atoms with E-state index in [1.54, 1.807) is 17.2 Å². The predicted octanol–water partition coefficient (Wildman–Crippen LogP) is 5.38. The number of rotatable bonds is 7. The van der Waals surface area contributed by atoms with Crippen LogP contribution in [0, 0.1) is 12.7 Å². The highest BCUT2D eigenvalue weighted by Crippen LogP contribution is 2.53. The molecule has 14 heteroatoms. The number of ether oxygens (including phenoxy) is 1. The second kappa shape index (κ2) is 9.96. The third-order valence-corrected chi connectivity index (χ3v) is 8.48. The van der Waals surface area contributed by atoms with Crippen LogP contribution in [0.3, 0.4) is 0 Å². The van der Waals surface area contributed by atoms with Gasteiger partial charge in [0, 0.05) is 24.7 Å². The van der Waals surface area contributed by atoms with Crippen molar-refractivity contribution < 1.29 is 27.1 Å². The maximum absolute atomic E-state index is 15.5. The Bertz CT molecular complexity index is 1800. The van der Waals surface area contributed by atoms with Crippen molar-refractivity contribution in [3.8, 4) is 23.0 Å². The van der Waals surface area contributed by atoms with E-state index < -0.39 is 23.2 Å². The Kier molecular flexibility index (Phi) is 6.38. The number of alkyl halides is 3. The molecule has 0 saturated heterocycles. The zero-order chi connectivity index (χ0) is 31.0. The molecule has 0 radical (unpaired) electrons.